The highest BCUT2D eigenvalue weighted by Gasteiger charge is 2.38. The van der Waals surface area contributed by atoms with Crippen LogP contribution < -0.4 is 0 Å². The van der Waals surface area contributed by atoms with Crippen molar-refractivity contribution in [3.05, 3.63) is 34.9 Å². The lowest BCUT2D eigenvalue weighted by molar-refractivity contribution is 0.0780. The van der Waals surface area contributed by atoms with Gasteiger partial charge >= 0.3 is 0 Å². The lowest BCUT2D eigenvalue weighted by Crippen LogP contribution is -2.29. The van der Waals surface area contributed by atoms with E-state index in [0.717, 1.165) is 30.5 Å². The number of carbonyl (C=O) groups is 1. The second kappa shape index (κ2) is 4.42. The summed E-state index contributed by atoms with van der Waals surface area (Å²) >= 11 is 0. The van der Waals surface area contributed by atoms with E-state index >= 15 is 0 Å². The summed E-state index contributed by atoms with van der Waals surface area (Å²) in [5, 5.41) is 0. The Bertz CT molecular complexity index is 468. The van der Waals surface area contributed by atoms with Crippen molar-refractivity contribution in [3.8, 4) is 0 Å². The number of benzene rings is 1. The molecular weight excluding hydrogens is 222 g/mol. The molecule has 1 aliphatic heterocycles. The van der Waals surface area contributed by atoms with Crippen LogP contribution in [0.2, 0.25) is 0 Å². The molecule has 1 saturated heterocycles. The van der Waals surface area contributed by atoms with Gasteiger partial charge in [-0.2, -0.15) is 0 Å². The number of hydrogen-bond donors (Lipinski definition) is 0. The van der Waals surface area contributed by atoms with Crippen LogP contribution >= 0.6 is 0 Å². The minimum absolute atomic E-state index is 0.229. The number of carbonyl (C=O) groups excluding carboxylic acids is 1. The first-order chi connectivity index (χ1) is 8.65. The highest BCUT2D eigenvalue weighted by molar-refractivity contribution is 5.94. The van der Waals surface area contributed by atoms with E-state index in [9.17, 15) is 4.79 Å². The summed E-state index contributed by atoms with van der Waals surface area (Å²) in [6.07, 6.45) is 4.00. The third-order valence-corrected chi connectivity index (χ3v) is 4.77. The first kappa shape index (κ1) is 11.8. The van der Waals surface area contributed by atoms with Crippen LogP contribution in [-0.2, 0) is 0 Å². The number of fused-ring (bicyclic) bond motifs is 1. The topological polar surface area (TPSA) is 20.3 Å². The minimum Gasteiger partial charge on any atom is -0.338 e. The molecule has 2 fully saturated rings. The predicted octanol–water partition coefficient (Wildman–Crippen LogP) is 3.18. The number of aryl methyl sites for hydroxylation is 2. The predicted molar refractivity (Wildman–Crippen MR) is 72.7 cm³/mol. The number of hydrogen-bond acceptors (Lipinski definition) is 1. The van der Waals surface area contributed by atoms with Gasteiger partial charge in [0.2, 0.25) is 0 Å². The van der Waals surface area contributed by atoms with Gasteiger partial charge in [-0.3, -0.25) is 4.79 Å². The fourth-order valence-corrected chi connectivity index (χ4v) is 3.46. The van der Waals surface area contributed by atoms with Crippen LogP contribution in [0.3, 0.4) is 0 Å². The van der Waals surface area contributed by atoms with Gasteiger partial charge in [0, 0.05) is 18.7 Å². The van der Waals surface area contributed by atoms with Crippen LogP contribution in [0.15, 0.2) is 18.2 Å². The third-order valence-electron chi connectivity index (χ3n) is 4.77. The monoisotopic (exact) mass is 243 g/mol. The highest BCUT2D eigenvalue weighted by atomic mass is 16.2. The molecule has 0 bridgehead atoms. The maximum absolute atomic E-state index is 12.5. The molecule has 2 nitrogen and oxygen atoms in total. The van der Waals surface area contributed by atoms with Crippen LogP contribution in [0.25, 0.3) is 0 Å². The van der Waals surface area contributed by atoms with Crippen molar-refractivity contribution < 1.29 is 4.79 Å². The van der Waals surface area contributed by atoms with Crippen LogP contribution in [0, 0.1) is 25.7 Å². The van der Waals surface area contributed by atoms with Crippen LogP contribution in [0.4, 0.5) is 0 Å². The molecule has 0 spiro atoms. The van der Waals surface area contributed by atoms with Gasteiger partial charge in [-0.1, -0.05) is 12.5 Å². The zero-order chi connectivity index (χ0) is 12.7. The summed E-state index contributed by atoms with van der Waals surface area (Å²) in [5.41, 5.74) is 3.32. The van der Waals surface area contributed by atoms with Crippen LogP contribution in [0.5, 0.6) is 0 Å². The first-order valence-electron chi connectivity index (χ1n) is 7.01. The number of nitrogens with zero attached hydrogens (tertiary/aromatic N) is 1. The molecule has 2 heteroatoms. The Balaban J connectivity index is 1.77. The zero-order valence-corrected chi connectivity index (χ0v) is 11.3. The van der Waals surface area contributed by atoms with Crippen molar-refractivity contribution >= 4 is 5.91 Å². The molecule has 1 saturated carbocycles. The second-order valence-electron chi connectivity index (χ2n) is 5.96. The van der Waals surface area contributed by atoms with Crippen LogP contribution in [-0.4, -0.2) is 23.9 Å². The van der Waals surface area contributed by atoms with Gasteiger partial charge < -0.3 is 4.90 Å². The first-order valence-corrected chi connectivity index (χ1v) is 7.01. The average molecular weight is 243 g/mol. The summed E-state index contributed by atoms with van der Waals surface area (Å²) in [5.74, 6) is 1.79. The standard InChI is InChI=1S/C16H21NO/c1-11-6-7-13(8-12(11)2)16(18)17-9-14-4-3-5-15(14)10-17/h6-8,14-15H,3-5,9-10H2,1-2H3. The highest BCUT2D eigenvalue weighted by Crippen LogP contribution is 2.38. The Hall–Kier alpha value is -1.31. The molecule has 3 rings (SSSR count). The molecule has 0 aromatic heterocycles. The molecule has 18 heavy (non-hydrogen) atoms. The van der Waals surface area contributed by atoms with E-state index in [1.165, 1.54) is 30.4 Å². The maximum atomic E-state index is 12.5. The van der Waals surface area contributed by atoms with E-state index in [2.05, 4.69) is 24.8 Å². The lowest BCUT2D eigenvalue weighted by Gasteiger charge is -2.18. The van der Waals surface area contributed by atoms with E-state index < -0.39 is 0 Å². The van der Waals surface area contributed by atoms with Gasteiger partial charge in [0.1, 0.15) is 0 Å². The van der Waals surface area contributed by atoms with E-state index in [0.29, 0.717) is 0 Å². The molecular formula is C16H21NO. The molecule has 1 amide bonds. The smallest absolute Gasteiger partial charge is 0.253 e. The summed E-state index contributed by atoms with van der Waals surface area (Å²) in [6.45, 7) is 6.13. The molecule has 2 aliphatic rings. The fraction of sp³-hybridized carbons (Fsp3) is 0.562. The fourth-order valence-electron chi connectivity index (χ4n) is 3.46. The third kappa shape index (κ3) is 1.94. The Labute approximate surface area is 109 Å². The second-order valence-corrected chi connectivity index (χ2v) is 5.96. The van der Waals surface area contributed by atoms with E-state index in [-0.39, 0.29) is 5.91 Å². The average Bonchev–Trinajstić information content (AvgIpc) is 2.92. The molecule has 1 aromatic carbocycles. The van der Waals surface area contributed by atoms with Gasteiger partial charge in [0.05, 0.1) is 0 Å². The van der Waals surface area contributed by atoms with E-state index in [1.54, 1.807) is 0 Å². The van der Waals surface area contributed by atoms with E-state index in [4.69, 9.17) is 0 Å². The summed E-state index contributed by atoms with van der Waals surface area (Å²) in [6, 6.07) is 6.06. The van der Waals surface area contributed by atoms with Gasteiger partial charge in [0.25, 0.3) is 5.91 Å². The maximum Gasteiger partial charge on any atom is 0.253 e. The van der Waals surface area contributed by atoms with Crippen molar-refractivity contribution in [2.45, 2.75) is 33.1 Å². The van der Waals surface area contributed by atoms with Gasteiger partial charge in [-0.15, -0.1) is 0 Å². The molecule has 2 atom stereocenters. The van der Waals surface area contributed by atoms with Crippen molar-refractivity contribution in [3.63, 3.8) is 0 Å². The summed E-state index contributed by atoms with van der Waals surface area (Å²) in [7, 11) is 0. The van der Waals surface area contributed by atoms with Crippen molar-refractivity contribution in [2.24, 2.45) is 11.8 Å². The Morgan fingerprint density at radius 1 is 1.11 bits per heavy atom. The van der Waals surface area contributed by atoms with Crippen molar-refractivity contribution in [1.29, 1.82) is 0 Å². The molecule has 1 heterocycles. The molecule has 1 aliphatic carbocycles. The molecule has 0 radical (unpaired) electrons. The van der Waals surface area contributed by atoms with Crippen molar-refractivity contribution in [2.75, 3.05) is 13.1 Å². The quantitative estimate of drug-likeness (QED) is 0.742. The summed E-state index contributed by atoms with van der Waals surface area (Å²) in [4.78, 5) is 14.5. The number of rotatable bonds is 1. The van der Waals surface area contributed by atoms with Gasteiger partial charge in [-0.05, 0) is 61.8 Å². The molecule has 0 N–H and O–H groups in total. The Kier molecular flexibility index (Phi) is 2.89. The Morgan fingerprint density at radius 2 is 1.78 bits per heavy atom. The molecule has 96 valence electrons. The number of likely N-dealkylation sites (tertiary alicyclic amines) is 1. The van der Waals surface area contributed by atoms with Crippen molar-refractivity contribution in [1.82, 2.24) is 4.90 Å². The Morgan fingerprint density at radius 3 is 2.39 bits per heavy atom. The lowest BCUT2D eigenvalue weighted by atomic mass is 10.0. The molecule has 2 unspecified atom stereocenters. The van der Waals surface area contributed by atoms with Crippen LogP contribution in [0.1, 0.15) is 40.7 Å². The largest absolute Gasteiger partial charge is 0.338 e. The SMILES string of the molecule is Cc1ccc(C(=O)N2CC3CCCC3C2)cc1C. The van der Waals surface area contributed by atoms with E-state index in [1.807, 2.05) is 12.1 Å². The zero-order valence-electron chi connectivity index (χ0n) is 11.3. The minimum atomic E-state index is 0.229. The number of amides is 1. The summed E-state index contributed by atoms with van der Waals surface area (Å²) < 4.78 is 0. The van der Waals surface area contributed by atoms with Gasteiger partial charge in [0.15, 0.2) is 0 Å². The molecule has 1 aromatic rings. The normalized spacial score (nSPS) is 26.4. The van der Waals surface area contributed by atoms with Gasteiger partial charge in [-0.25, -0.2) is 0 Å².